The van der Waals surface area contributed by atoms with Gasteiger partial charge >= 0.3 is 5.97 Å². The Bertz CT molecular complexity index is 3550. The molecule has 0 aliphatic carbocycles. The highest BCUT2D eigenvalue weighted by Crippen LogP contribution is 2.38. The molecule has 8 atom stereocenters. The highest BCUT2D eigenvalue weighted by molar-refractivity contribution is 5.95. The predicted molar refractivity (Wildman–Crippen MR) is 267 cm³/mol. The van der Waals surface area contributed by atoms with E-state index in [1.54, 1.807) is 84.6 Å². The second-order valence-electron chi connectivity index (χ2n) is 19.9. The third kappa shape index (κ3) is 9.42. The first-order chi connectivity index (χ1) is 37.0. The molecule has 6 aromatic carbocycles. The van der Waals surface area contributed by atoms with Crippen LogP contribution in [0.3, 0.4) is 0 Å². The Balaban J connectivity index is 0.000000156. The van der Waals surface area contributed by atoms with Crippen LogP contribution in [-0.4, -0.2) is 151 Å². The molecule has 396 valence electrons. The molecule has 1 amide bonds. The van der Waals surface area contributed by atoms with Crippen molar-refractivity contribution in [1.29, 1.82) is 0 Å². The van der Waals surface area contributed by atoms with E-state index in [0.29, 0.717) is 29.8 Å². The quantitative estimate of drug-likeness (QED) is 0.0753. The van der Waals surface area contributed by atoms with Crippen LogP contribution >= 0.6 is 0 Å². The van der Waals surface area contributed by atoms with Crippen LogP contribution in [-0.2, 0) is 18.9 Å². The molecule has 0 bridgehead atoms. The number of carboxylic acid groups (broad SMARTS) is 1. The van der Waals surface area contributed by atoms with Crippen LogP contribution in [0.5, 0.6) is 12.0 Å². The van der Waals surface area contributed by atoms with E-state index in [2.05, 4.69) is 19.9 Å². The molecule has 8 aromatic rings. The van der Waals surface area contributed by atoms with Crippen molar-refractivity contribution in [3.05, 3.63) is 144 Å². The van der Waals surface area contributed by atoms with Gasteiger partial charge < -0.3 is 63.7 Å². The number of halogens is 4. The van der Waals surface area contributed by atoms with Crippen LogP contribution in [0.25, 0.3) is 66.6 Å². The van der Waals surface area contributed by atoms with Gasteiger partial charge in [0, 0.05) is 17.7 Å². The number of aromatic nitrogens is 4. The van der Waals surface area contributed by atoms with Crippen molar-refractivity contribution < 1.29 is 76.0 Å². The SMILES string of the molecule is CC1(O)CN(C(=O)c2ccc(-c3ccc(-c4c(F)cc5[nH]c(O[C@H]6COC7C6OC[C@@H]7O)nc5c4F)cc3)cc2)C1.O=C(O)c1ccc(-c2ccc(-c3c(F)cc4[nH]c(O[C@H]5COC6C5OC[C@@H]6O)nc4c3F)cc2)cc1. The van der Waals surface area contributed by atoms with Crippen molar-refractivity contribution >= 4 is 33.9 Å². The first-order valence-electron chi connectivity index (χ1n) is 24.6. The molecule has 5 fully saturated rings. The van der Waals surface area contributed by atoms with Crippen LogP contribution in [0.4, 0.5) is 17.6 Å². The van der Waals surface area contributed by atoms with Gasteiger partial charge in [-0.3, -0.25) is 4.79 Å². The van der Waals surface area contributed by atoms with Crippen molar-refractivity contribution in [3.63, 3.8) is 0 Å². The number of β-amino-alcohol motifs (C(OH)–C–C–N with tert-alkyl or cyclic N) is 1. The number of H-pyrrole nitrogens is 2. The minimum absolute atomic E-state index is 0.000143. The van der Waals surface area contributed by atoms with Gasteiger partial charge in [0.25, 0.3) is 17.9 Å². The summed E-state index contributed by atoms with van der Waals surface area (Å²) in [7, 11) is 0. The van der Waals surface area contributed by atoms with Gasteiger partial charge in [0.15, 0.2) is 23.8 Å². The van der Waals surface area contributed by atoms with E-state index < -0.39 is 83.7 Å². The van der Waals surface area contributed by atoms with Crippen LogP contribution < -0.4 is 9.47 Å². The lowest BCUT2D eigenvalue weighted by atomic mass is 9.95. The topological polar surface area (TPSA) is 231 Å². The fraction of sp³-hybridized carbons (Fsp3) is 0.286. The van der Waals surface area contributed by atoms with Gasteiger partial charge in [0.2, 0.25) is 0 Å². The standard InChI is InChI=1S/C30H27F2N3O6.C26H20F2N2O6/c1-30(38)13-35(14-30)28(37)18-8-4-16(5-9-18)15-2-6-17(7-3-15)23-19(31)10-20-25(24(23)32)34-29(33-20)41-22-12-40-26-21(36)11-39-27(22)26;27-16-9-17-22(30-26(29-17)36-19-11-35-23-18(31)10-34-24(19)23)21(28)20(16)14-5-1-12(2-6-14)13-3-7-15(8-4-13)25(32)33/h2-10,21-22,26-27,36,38H,11-14H2,1H3,(H,33,34);1-9,18-19,23-24,31H,10-11H2,(H,29,30)(H,32,33)/t21-,22-,26?,27?;18-,19-,23?,24?/m00/s1. The average molecular weight is 1060 g/mol. The predicted octanol–water partition coefficient (Wildman–Crippen LogP) is 7.07. The Morgan fingerprint density at radius 3 is 1.32 bits per heavy atom. The number of amides is 1. The summed E-state index contributed by atoms with van der Waals surface area (Å²) in [6.07, 6.45) is -4.47. The number of aliphatic hydroxyl groups is 3. The lowest BCUT2D eigenvalue weighted by Crippen LogP contribution is -2.61. The zero-order chi connectivity index (χ0) is 53.4. The summed E-state index contributed by atoms with van der Waals surface area (Å²) >= 11 is 0. The molecule has 77 heavy (non-hydrogen) atoms. The molecule has 2 aromatic heterocycles. The zero-order valence-electron chi connectivity index (χ0n) is 40.7. The molecule has 5 aliphatic rings. The number of aromatic carboxylic acids is 1. The summed E-state index contributed by atoms with van der Waals surface area (Å²) in [4.78, 5) is 39.2. The highest BCUT2D eigenvalue weighted by Gasteiger charge is 2.50. The number of ether oxygens (including phenoxy) is 6. The first-order valence-corrected chi connectivity index (χ1v) is 24.6. The Morgan fingerprint density at radius 2 is 0.935 bits per heavy atom. The number of nitrogens with zero attached hydrogens (tertiary/aromatic N) is 3. The third-order valence-electron chi connectivity index (χ3n) is 14.4. The van der Waals surface area contributed by atoms with Crippen molar-refractivity contribution in [2.75, 3.05) is 39.5 Å². The minimum Gasteiger partial charge on any atom is -0.478 e. The number of carbonyl (C=O) groups is 2. The van der Waals surface area contributed by atoms with Crippen molar-refractivity contribution in [3.8, 4) is 56.5 Å². The molecule has 0 radical (unpaired) electrons. The van der Waals surface area contributed by atoms with Crippen LogP contribution in [0, 0.1) is 23.3 Å². The number of aromatic amines is 2. The maximum absolute atomic E-state index is 15.6. The zero-order valence-corrected chi connectivity index (χ0v) is 40.7. The van der Waals surface area contributed by atoms with Crippen LogP contribution in [0.15, 0.2) is 109 Å². The monoisotopic (exact) mass is 1060 g/mol. The average Bonchev–Trinajstić information content (AvgIpc) is 4.31. The molecule has 5 aliphatic heterocycles. The van der Waals surface area contributed by atoms with Gasteiger partial charge in [-0.1, -0.05) is 72.8 Å². The largest absolute Gasteiger partial charge is 0.478 e. The minimum atomic E-state index is -1.02. The van der Waals surface area contributed by atoms with E-state index >= 15 is 13.2 Å². The van der Waals surface area contributed by atoms with Gasteiger partial charge in [-0.15, -0.1) is 0 Å². The number of aliphatic hydroxyl groups excluding tert-OH is 2. The summed E-state index contributed by atoms with van der Waals surface area (Å²) in [5.74, 6) is -4.32. The Labute approximate surface area is 434 Å². The number of imidazole rings is 2. The number of fused-ring (bicyclic) bond motifs is 4. The molecular weight excluding hydrogens is 1010 g/mol. The summed E-state index contributed by atoms with van der Waals surface area (Å²) < 4.78 is 94.9. The number of likely N-dealkylation sites (tertiary alicyclic amines) is 1. The highest BCUT2D eigenvalue weighted by atomic mass is 19.1. The van der Waals surface area contributed by atoms with Crippen molar-refractivity contribution in [2.45, 2.75) is 61.4 Å². The maximum atomic E-state index is 15.6. The first kappa shape index (κ1) is 50.1. The summed E-state index contributed by atoms with van der Waals surface area (Å²) in [6.45, 7) is 2.94. The van der Waals surface area contributed by atoms with Gasteiger partial charge in [-0.2, -0.15) is 9.97 Å². The van der Waals surface area contributed by atoms with E-state index in [-0.39, 0.29) is 83.1 Å². The molecule has 13 rings (SSSR count). The van der Waals surface area contributed by atoms with E-state index in [0.717, 1.165) is 28.3 Å². The number of nitrogens with one attached hydrogen (secondary N) is 2. The number of carbonyl (C=O) groups excluding carboxylic acids is 1. The number of hydrogen-bond acceptors (Lipinski definition) is 13. The fourth-order valence-corrected chi connectivity index (χ4v) is 10.5. The molecule has 7 heterocycles. The Kier molecular flexibility index (Phi) is 12.8. The van der Waals surface area contributed by atoms with Gasteiger partial charge in [-0.25, -0.2) is 22.4 Å². The molecule has 0 saturated carbocycles. The van der Waals surface area contributed by atoms with Gasteiger partial charge in [0.1, 0.15) is 59.3 Å². The second kappa shape index (κ2) is 19.7. The molecule has 21 heteroatoms. The normalized spacial score (nSPS) is 24.1. The fourth-order valence-electron chi connectivity index (χ4n) is 10.5. The molecule has 0 spiro atoms. The number of carboxylic acids is 1. The molecule has 5 saturated heterocycles. The van der Waals surface area contributed by atoms with Crippen LogP contribution in [0.1, 0.15) is 27.6 Å². The number of benzene rings is 6. The lowest BCUT2D eigenvalue weighted by molar-refractivity contribution is -0.0668. The Morgan fingerprint density at radius 1 is 0.571 bits per heavy atom. The second-order valence-corrected chi connectivity index (χ2v) is 19.9. The molecule has 4 unspecified atom stereocenters. The molecule has 17 nitrogen and oxygen atoms in total. The van der Waals surface area contributed by atoms with Crippen molar-refractivity contribution in [2.24, 2.45) is 0 Å². The van der Waals surface area contributed by atoms with E-state index in [9.17, 15) is 29.3 Å². The Hall–Kier alpha value is -7.76. The third-order valence-corrected chi connectivity index (χ3v) is 14.4. The smallest absolute Gasteiger partial charge is 0.335 e. The van der Waals surface area contributed by atoms with Crippen molar-refractivity contribution in [1.82, 2.24) is 24.8 Å². The van der Waals surface area contributed by atoms with E-state index in [1.807, 2.05) is 12.1 Å². The van der Waals surface area contributed by atoms with E-state index in [1.165, 1.54) is 18.2 Å². The molecule has 6 N–H and O–H groups in total. The number of hydrogen-bond donors (Lipinski definition) is 6. The molecular formula is C56H47F4N5O12. The summed E-state index contributed by atoms with van der Waals surface area (Å²) in [6, 6.07) is 29.1. The maximum Gasteiger partial charge on any atom is 0.335 e. The number of rotatable bonds is 10. The van der Waals surface area contributed by atoms with E-state index in [4.69, 9.17) is 33.5 Å². The lowest BCUT2D eigenvalue weighted by Gasteiger charge is -2.44. The van der Waals surface area contributed by atoms with Gasteiger partial charge in [-0.05, 0) is 64.6 Å². The summed E-state index contributed by atoms with van der Waals surface area (Å²) in [5, 5.41) is 38.7. The van der Waals surface area contributed by atoms with Gasteiger partial charge in [0.05, 0.1) is 72.8 Å². The summed E-state index contributed by atoms with van der Waals surface area (Å²) in [5.41, 5.74) is 3.44. The van der Waals surface area contributed by atoms with Crippen LogP contribution in [0.2, 0.25) is 0 Å².